The number of anilines is 1. The molecule has 0 N–H and O–H groups in total. The van der Waals surface area contributed by atoms with Gasteiger partial charge in [-0.1, -0.05) is 0 Å². The highest BCUT2D eigenvalue weighted by Gasteiger charge is 2.25. The lowest BCUT2D eigenvalue weighted by molar-refractivity contribution is 0.0340. The first-order valence-electron chi connectivity index (χ1n) is 8.54. The van der Waals surface area contributed by atoms with Crippen LogP contribution in [0.1, 0.15) is 6.42 Å². The molecule has 6 nitrogen and oxygen atoms in total. The van der Waals surface area contributed by atoms with Crippen molar-refractivity contribution < 1.29 is 9.47 Å². The Hall–Kier alpha value is -1.37. The van der Waals surface area contributed by atoms with E-state index < -0.39 is 0 Å². The number of rotatable bonds is 6. The Kier molecular flexibility index (Phi) is 5.70. The number of pyridine rings is 1. The smallest absolute Gasteiger partial charge is 0.170 e. The van der Waals surface area contributed by atoms with E-state index in [-0.39, 0.29) is 6.10 Å². The summed E-state index contributed by atoms with van der Waals surface area (Å²) in [6.45, 7) is 8.25. The first kappa shape index (κ1) is 16.5. The van der Waals surface area contributed by atoms with Gasteiger partial charge in [0.15, 0.2) is 11.6 Å². The quantitative estimate of drug-likeness (QED) is 0.777. The highest BCUT2D eigenvalue weighted by Crippen LogP contribution is 2.26. The lowest BCUT2D eigenvalue weighted by Crippen LogP contribution is -2.41. The third kappa shape index (κ3) is 4.56. The number of aromatic nitrogens is 1. The Morgan fingerprint density at radius 1 is 1.22 bits per heavy atom. The fraction of sp³-hybridized carbons (Fsp3) is 0.706. The second kappa shape index (κ2) is 7.95. The fourth-order valence-electron chi connectivity index (χ4n) is 3.19. The third-order valence-corrected chi connectivity index (χ3v) is 4.53. The van der Waals surface area contributed by atoms with Crippen LogP contribution in [0.4, 0.5) is 5.82 Å². The molecule has 128 valence electrons. The van der Waals surface area contributed by atoms with Gasteiger partial charge in [0.2, 0.25) is 0 Å². The van der Waals surface area contributed by atoms with Gasteiger partial charge in [0.05, 0.1) is 13.2 Å². The second-order valence-corrected chi connectivity index (χ2v) is 6.50. The third-order valence-electron chi connectivity index (χ3n) is 4.53. The monoisotopic (exact) mass is 320 g/mol. The van der Waals surface area contributed by atoms with Gasteiger partial charge in [-0.3, -0.25) is 9.80 Å². The van der Waals surface area contributed by atoms with E-state index in [1.807, 2.05) is 37.3 Å². The van der Waals surface area contributed by atoms with Gasteiger partial charge in [-0.25, -0.2) is 4.98 Å². The van der Waals surface area contributed by atoms with E-state index in [4.69, 9.17) is 9.47 Å². The molecule has 0 radical (unpaired) electrons. The summed E-state index contributed by atoms with van der Waals surface area (Å²) in [6.07, 6.45) is 3.17. The molecular formula is C17H28N4O2. The van der Waals surface area contributed by atoms with Crippen LogP contribution in [0.2, 0.25) is 0 Å². The average molecular weight is 320 g/mol. The van der Waals surface area contributed by atoms with Crippen LogP contribution in [0.3, 0.4) is 0 Å². The summed E-state index contributed by atoms with van der Waals surface area (Å²) in [7, 11) is 4.00. The molecule has 0 amide bonds. The fourth-order valence-corrected chi connectivity index (χ4v) is 3.19. The first-order valence-corrected chi connectivity index (χ1v) is 8.54. The Labute approximate surface area is 139 Å². The normalized spacial score (nSPS) is 23.1. The number of likely N-dealkylation sites (tertiary alicyclic amines) is 1. The van der Waals surface area contributed by atoms with Crippen LogP contribution < -0.4 is 9.64 Å². The summed E-state index contributed by atoms with van der Waals surface area (Å²) in [5.41, 5.74) is 0. The van der Waals surface area contributed by atoms with Crippen molar-refractivity contribution in [1.29, 1.82) is 0 Å². The zero-order chi connectivity index (χ0) is 16.1. The first-order chi connectivity index (χ1) is 11.2. The molecule has 6 heteroatoms. The summed E-state index contributed by atoms with van der Waals surface area (Å²) < 4.78 is 11.6. The highest BCUT2D eigenvalue weighted by atomic mass is 16.5. The lowest BCUT2D eigenvalue weighted by atomic mass is 10.3. The van der Waals surface area contributed by atoms with Crippen molar-refractivity contribution in [3.63, 3.8) is 0 Å². The van der Waals surface area contributed by atoms with Gasteiger partial charge in [-0.15, -0.1) is 0 Å². The molecule has 0 saturated carbocycles. The van der Waals surface area contributed by atoms with E-state index in [0.717, 1.165) is 70.5 Å². The van der Waals surface area contributed by atoms with Crippen LogP contribution in [0.5, 0.6) is 5.75 Å². The highest BCUT2D eigenvalue weighted by molar-refractivity contribution is 5.50. The van der Waals surface area contributed by atoms with Crippen molar-refractivity contribution in [2.24, 2.45) is 0 Å². The number of nitrogens with zero attached hydrogens (tertiary/aromatic N) is 4. The molecule has 0 aliphatic carbocycles. The summed E-state index contributed by atoms with van der Waals surface area (Å²) >= 11 is 0. The molecule has 23 heavy (non-hydrogen) atoms. The van der Waals surface area contributed by atoms with Gasteiger partial charge >= 0.3 is 0 Å². The van der Waals surface area contributed by atoms with Crippen LogP contribution in [0.25, 0.3) is 0 Å². The molecule has 0 spiro atoms. The molecule has 2 aliphatic heterocycles. The van der Waals surface area contributed by atoms with Crippen molar-refractivity contribution >= 4 is 5.82 Å². The van der Waals surface area contributed by atoms with Crippen LogP contribution in [0, 0.1) is 0 Å². The molecule has 2 aliphatic rings. The minimum Gasteiger partial charge on any atom is -0.485 e. The summed E-state index contributed by atoms with van der Waals surface area (Å²) in [5.74, 6) is 1.79. The van der Waals surface area contributed by atoms with Gasteiger partial charge in [0.25, 0.3) is 0 Å². The maximum Gasteiger partial charge on any atom is 0.170 e. The summed E-state index contributed by atoms with van der Waals surface area (Å²) in [5, 5.41) is 0. The summed E-state index contributed by atoms with van der Waals surface area (Å²) in [4.78, 5) is 11.4. The van der Waals surface area contributed by atoms with Gasteiger partial charge < -0.3 is 14.4 Å². The molecule has 2 fully saturated rings. The van der Waals surface area contributed by atoms with Crippen LogP contribution in [-0.2, 0) is 4.74 Å². The molecule has 2 saturated heterocycles. The SMILES string of the molecule is CN(C)c1ncccc1O[C@H]1CCN(CCN2CCOCC2)C1. The van der Waals surface area contributed by atoms with E-state index in [1.165, 1.54) is 0 Å². The van der Waals surface area contributed by atoms with Gasteiger partial charge in [0, 0.05) is 59.6 Å². The molecular weight excluding hydrogens is 292 g/mol. The zero-order valence-electron chi connectivity index (χ0n) is 14.3. The Bertz CT molecular complexity index is 491. The lowest BCUT2D eigenvalue weighted by Gasteiger charge is -2.28. The second-order valence-electron chi connectivity index (χ2n) is 6.50. The van der Waals surface area contributed by atoms with Crippen molar-refractivity contribution in [2.75, 3.05) is 71.5 Å². The minimum absolute atomic E-state index is 0.266. The largest absolute Gasteiger partial charge is 0.485 e. The van der Waals surface area contributed by atoms with Gasteiger partial charge in [-0.2, -0.15) is 0 Å². The molecule has 0 aromatic carbocycles. The summed E-state index contributed by atoms with van der Waals surface area (Å²) in [6, 6.07) is 3.95. The van der Waals surface area contributed by atoms with Crippen LogP contribution in [-0.4, -0.2) is 87.5 Å². The van der Waals surface area contributed by atoms with E-state index in [2.05, 4.69) is 14.8 Å². The number of hydrogen-bond donors (Lipinski definition) is 0. The van der Waals surface area contributed by atoms with E-state index >= 15 is 0 Å². The Morgan fingerprint density at radius 3 is 2.78 bits per heavy atom. The predicted octanol–water partition coefficient (Wildman–Crippen LogP) is 0.933. The molecule has 3 rings (SSSR count). The zero-order valence-corrected chi connectivity index (χ0v) is 14.3. The predicted molar refractivity (Wildman–Crippen MR) is 91.3 cm³/mol. The standard InChI is InChI=1S/C17H28N4O2/c1-19(2)17-16(4-3-6-18-17)23-15-5-7-21(14-15)9-8-20-10-12-22-13-11-20/h3-4,6,15H,5,7-14H2,1-2H3/t15-/m0/s1. The van der Waals surface area contributed by atoms with E-state index in [9.17, 15) is 0 Å². The number of morpholine rings is 1. The number of hydrogen-bond acceptors (Lipinski definition) is 6. The minimum atomic E-state index is 0.266. The topological polar surface area (TPSA) is 41.1 Å². The van der Waals surface area contributed by atoms with Crippen molar-refractivity contribution in [3.8, 4) is 5.75 Å². The van der Waals surface area contributed by atoms with Crippen LogP contribution in [0.15, 0.2) is 18.3 Å². The Balaban J connectivity index is 1.46. The van der Waals surface area contributed by atoms with E-state index in [0.29, 0.717) is 0 Å². The molecule has 0 unspecified atom stereocenters. The van der Waals surface area contributed by atoms with Gasteiger partial charge in [0.1, 0.15) is 6.10 Å². The van der Waals surface area contributed by atoms with Crippen LogP contribution >= 0.6 is 0 Å². The van der Waals surface area contributed by atoms with E-state index in [1.54, 1.807) is 0 Å². The average Bonchev–Trinajstić information content (AvgIpc) is 3.02. The number of ether oxygens (including phenoxy) is 2. The van der Waals surface area contributed by atoms with Gasteiger partial charge in [-0.05, 0) is 18.6 Å². The maximum absolute atomic E-state index is 6.21. The molecule has 0 bridgehead atoms. The van der Waals surface area contributed by atoms with Crippen molar-refractivity contribution in [1.82, 2.24) is 14.8 Å². The van der Waals surface area contributed by atoms with Crippen molar-refractivity contribution in [3.05, 3.63) is 18.3 Å². The molecule has 1 aromatic rings. The molecule has 3 heterocycles. The Morgan fingerprint density at radius 2 is 2.00 bits per heavy atom. The molecule has 1 aromatic heterocycles. The van der Waals surface area contributed by atoms with Crippen molar-refractivity contribution in [2.45, 2.75) is 12.5 Å². The molecule has 1 atom stereocenters. The maximum atomic E-state index is 6.21.